The van der Waals surface area contributed by atoms with Crippen LogP contribution in [0.1, 0.15) is 51.9 Å². The van der Waals surface area contributed by atoms with Crippen molar-refractivity contribution in [1.29, 1.82) is 0 Å². The number of hydrogen-bond donors (Lipinski definition) is 4. The van der Waals surface area contributed by atoms with Crippen molar-refractivity contribution in [3.8, 4) is 11.4 Å². The molecule has 39 heavy (non-hydrogen) atoms. The van der Waals surface area contributed by atoms with Gasteiger partial charge in [0, 0.05) is 55.6 Å². The van der Waals surface area contributed by atoms with Gasteiger partial charge in [0.25, 0.3) is 0 Å². The third-order valence-corrected chi connectivity index (χ3v) is 6.65. The quantitative estimate of drug-likeness (QED) is 0.219. The zero-order valence-corrected chi connectivity index (χ0v) is 22.3. The number of rotatable bonds is 14. The summed E-state index contributed by atoms with van der Waals surface area (Å²) in [5, 5.41) is 9.53. The third-order valence-electron chi connectivity index (χ3n) is 6.65. The first-order valence-corrected chi connectivity index (χ1v) is 13.7. The normalized spacial score (nSPS) is 17.3. The largest absolute Gasteiger partial charge is 0.382 e. The summed E-state index contributed by atoms with van der Waals surface area (Å²) in [5.74, 6) is -0.728. The van der Waals surface area contributed by atoms with Gasteiger partial charge >= 0.3 is 6.03 Å². The Hall–Kier alpha value is -3.38. The highest BCUT2D eigenvalue weighted by Crippen LogP contribution is 2.28. The van der Waals surface area contributed by atoms with Crippen molar-refractivity contribution in [2.45, 2.75) is 64.0 Å². The van der Waals surface area contributed by atoms with Gasteiger partial charge in [-0.3, -0.25) is 0 Å². The monoisotopic (exact) mass is 545 g/mol. The topological polar surface area (TPSA) is 126 Å². The van der Waals surface area contributed by atoms with E-state index in [0.717, 1.165) is 64.1 Å². The van der Waals surface area contributed by atoms with E-state index < -0.39 is 11.6 Å². The number of carbonyl (C=O) groups excluding carboxylic acids is 1. The number of unbranched alkanes of at least 4 members (excludes halogenated alkanes) is 2. The summed E-state index contributed by atoms with van der Waals surface area (Å²) < 4.78 is 39.2. The Kier molecular flexibility index (Phi) is 10.8. The van der Waals surface area contributed by atoms with Crippen molar-refractivity contribution in [3.63, 3.8) is 0 Å². The highest BCUT2D eigenvalue weighted by atomic mass is 19.1. The molecule has 3 aromatic rings. The predicted octanol–water partition coefficient (Wildman–Crippen LogP) is 4.54. The Labute approximate surface area is 226 Å². The molecule has 212 valence electrons. The molecule has 0 bridgehead atoms. The lowest BCUT2D eigenvalue weighted by Gasteiger charge is -2.30. The van der Waals surface area contributed by atoms with E-state index in [1.54, 1.807) is 6.20 Å². The Morgan fingerprint density at radius 1 is 1.08 bits per heavy atom. The van der Waals surface area contributed by atoms with Gasteiger partial charge in [0.05, 0.1) is 19.0 Å². The Morgan fingerprint density at radius 2 is 1.90 bits per heavy atom. The molecule has 0 radical (unpaired) electrons. The van der Waals surface area contributed by atoms with Gasteiger partial charge in [-0.05, 0) is 57.9 Å². The summed E-state index contributed by atoms with van der Waals surface area (Å²) in [6.45, 7) is 5.08. The minimum atomic E-state index is -0.579. The van der Waals surface area contributed by atoms with E-state index in [1.165, 1.54) is 6.07 Å². The lowest BCUT2D eigenvalue weighted by atomic mass is 9.91. The first-order valence-electron chi connectivity index (χ1n) is 13.7. The minimum absolute atomic E-state index is 0.0467. The van der Waals surface area contributed by atoms with E-state index in [2.05, 4.69) is 35.9 Å². The molecule has 1 fully saturated rings. The molecular weight excluding hydrogens is 508 g/mol. The number of aromatic nitrogens is 4. The zero-order valence-electron chi connectivity index (χ0n) is 22.3. The summed E-state index contributed by atoms with van der Waals surface area (Å²) in [6, 6.07) is 0.981. The first-order chi connectivity index (χ1) is 19.0. The standard InChI is InChI=1S/C27H37F2N7O3/c1-2-38-10-4-3-5-11-39-12-9-30-27(37)35-20-8-6-7-19(14-20)34-26-23(29)17-33-25(36-26)22-16-32-24-21(22)13-18(28)15-31-24/h13,15-17,19-20H,2-12,14H2,1H3,(H,31,32)(H2,30,35,37)(H,33,34,36)/t19-,20+/m1/s1. The molecule has 12 heteroatoms. The fourth-order valence-electron chi connectivity index (χ4n) is 4.71. The number of fused-ring (bicyclic) bond motifs is 1. The molecule has 1 aliphatic rings. The fourth-order valence-corrected chi connectivity index (χ4v) is 4.71. The van der Waals surface area contributed by atoms with Crippen molar-refractivity contribution in [2.75, 3.05) is 38.3 Å². The highest BCUT2D eigenvalue weighted by molar-refractivity contribution is 5.91. The maximum Gasteiger partial charge on any atom is 0.315 e. The number of ether oxygens (including phenoxy) is 2. The maximum absolute atomic E-state index is 14.6. The second-order valence-electron chi connectivity index (χ2n) is 9.62. The van der Waals surface area contributed by atoms with Gasteiger partial charge < -0.3 is 30.4 Å². The van der Waals surface area contributed by atoms with Crippen LogP contribution in [0.4, 0.5) is 19.4 Å². The molecule has 0 aliphatic heterocycles. The number of carbonyl (C=O) groups is 1. The van der Waals surface area contributed by atoms with Gasteiger partial charge in [-0.1, -0.05) is 0 Å². The van der Waals surface area contributed by atoms with Crippen molar-refractivity contribution < 1.29 is 23.0 Å². The number of H-pyrrole nitrogens is 1. The van der Waals surface area contributed by atoms with Crippen LogP contribution in [0.15, 0.2) is 24.7 Å². The molecule has 0 saturated heterocycles. The Balaban J connectivity index is 1.21. The van der Waals surface area contributed by atoms with Gasteiger partial charge in [-0.15, -0.1) is 0 Å². The van der Waals surface area contributed by atoms with Crippen LogP contribution in [0.3, 0.4) is 0 Å². The number of pyridine rings is 1. The molecule has 0 unspecified atom stereocenters. The number of nitrogens with one attached hydrogen (secondary N) is 4. The van der Waals surface area contributed by atoms with Crippen molar-refractivity contribution in [1.82, 2.24) is 30.6 Å². The average molecular weight is 546 g/mol. The average Bonchev–Trinajstić information content (AvgIpc) is 3.34. The molecule has 2 atom stereocenters. The van der Waals surface area contributed by atoms with Crippen LogP contribution in [0.25, 0.3) is 22.4 Å². The predicted molar refractivity (Wildman–Crippen MR) is 144 cm³/mol. The van der Waals surface area contributed by atoms with Gasteiger partial charge in [0.15, 0.2) is 17.5 Å². The third kappa shape index (κ3) is 8.56. The molecule has 0 spiro atoms. The number of halogens is 2. The minimum Gasteiger partial charge on any atom is -0.382 e. The summed E-state index contributed by atoms with van der Waals surface area (Å²) in [6.07, 6.45) is 10.1. The van der Waals surface area contributed by atoms with Gasteiger partial charge in [-0.25, -0.2) is 28.5 Å². The second-order valence-corrected chi connectivity index (χ2v) is 9.62. The van der Waals surface area contributed by atoms with E-state index >= 15 is 0 Å². The number of nitrogens with zero attached hydrogens (tertiary/aromatic N) is 3. The molecule has 1 aliphatic carbocycles. The van der Waals surface area contributed by atoms with Gasteiger partial charge in [-0.2, -0.15) is 0 Å². The van der Waals surface area contributed by atoms with Crippen molar-refractivity contribution >= 4 is 22.9 Å². The number of amides is 2. The van der Waals surface area contributed by atoms with Gasteiger partial charge in [0.2, 0.25) is 0 Å². The summed E-state index contributed by atoms with van der Waals surface area (Å²) >= 11 is 0. The molecule has 4 N–H and O–H groups in total. The molecule has 2 amide bonds. The highest BCUT2D eigenvalue weighted by Gasteiger charge is 2.25. The van der Waals surface area contributed by atoms with Crippen LogP contribution in [0.2, 0.25) is 0 Å². The second kappa shape index (κ2) is 14.7. The summed E-state index contributed by atoms with van der Waals surface area (Å²) in [7, 11) is 0. The van der Waals surface area contributed by atoms with E-state index in [4.69, 9.17) is 9.47 Å². The lowest BCUT2D eigenvalue weighted by molar-refractivity contribution is 0.121. The molecule has 0 aromatic carbocycles. The first kappa shape index (κ1) is 28.6. The van der Waals surface area contributed by atoms with E-state index in [1.807, 2.05) is 6.92 Å². The number of aromatic amines is 1. The lowest BCUT2D eigenvalue weighted by Crippen LogP contribution is -2.46. The van der Waals surface area contributed by atoms with Crippen LogP contribution < -0.4 is 16.0 Å². The van der Waals surface area contributed by atoms with E-state index in [9.17, 15) is 13.6 Å². The molecule has 4 rings (SSSR count). The van der Waals surface area contributed by atoms with Crippen LogP contribution in [-0.2, 0) is 9.47 Å². The number of hydrogen-bond acceptors (Lipinski definition) is 7. The van der Waals surface area contributed by atoms with Crippen LogP contribution in [0.5, 0.6) is 0 Å². The van der Waals surface area contributed by atoms with E-state index in [-0.39, 0.29) is 29.8 Å². The fraction of sp³-hybridized carbons (Fsp3) is 0.556. The summed E-state index contributed by atoms with van der Waals surface area (Å²) in [4.78, 5) is 27.8. The number of anilines is 1. The van der Waals surface area contributed by atoms with Crippen molar-refractivity contribution in [3.05, 3.63) is 36.3 Å². The molecule has 3 heterocycles. The van der Waals surface area contributed by atoms with Crippen molar-refractivity contribution in [2.24, 2.45) is 0 Å². The molecule has 3 aromatic heterocycles. The summed E-state index contributed by atoms with van der Waals surface area (Å²) in [5.41, 5.74) is 1.03. The Morgan fingerprint density at radius 3 is 2.74 bits per heavy atom. The number of urea groups is 1. The SMILES string of the molecule is CCOCCCCCOCCNC(=O)N[C@H]1CCC[C@@H](Nc2nc(-c3c[nH]c4ncc(F)cc34)ncc2F)C1. The maximum atomic E-state index is 14.6. The van der Waals surface area contributed by atoms with E-state index in [0.29, 0.717) is 42.8 Å². The van der Waals surface area contributed by atoms with Gasteiger partial charge in [0.1, 0.15) is 11.5 Å². The zero-order chi connectivity index (χ0) is 27.5. The van der Waals surface area contributed by atoms with Crippen LogP contribution >= 0.6 is 0 Å². The Bertz CT molecular complexity index is 1210. The molecule has 1 saturated carbocycles. The molecule has 10 nitrogen and oxygen atoms in total. The van der Waals surface area contributed by atoms with Crippen LogP contribution in [0, 0.1) is 11.6 Å². The smallest absolute Gasteiger partial charge is 0.315 e. The molecular formula is C27H37F2N7O3. The van der Waals surface area contributed by atoms with Crippen LogP contribution in [-0.4, -0.2) is 71.0 Å².